The Morgan fingerprint density at radius 1 is 0.973 bits per heavy atom. The maximum Gasteiger partial charge on any atom is 0.320 e. The quantitative estimate of drug-likeness (QED) is 0.431. The summed E-state index contributed by atoms with van der Waals surface area (Å²) >= 11 is 0. The van der Waals surface area contributed by atoms with Crippen LogP contribution in [0.4, 0.5) is 0 Å². The summed E-state index contributed by atoms with van der Waals surface area (Å²) in [5.41, 5.74) is -0.541. The number of Topliss-reactive ketones (excluding diaryl/α,β-unsaturated/α-hetero) is 1. The molecule has 1 heterocycles. The summed E-state index contributed by atoms with van der Waals surface area (Å²) in [6.07, 6.45) is 6.24. The van der Waals surface area contributed by atoms with E-state index in [-0.39, 0.29) is 41.7 Å². The molecule has 1 amide bonds. The monoisotopic (exact) mass is 524 g/mol. The summed E-state index contributed by atoms with van der Waals surface area (Å²) in [4.78, 5) is 38.8. The number of hydrogen-bond acceptors (Lipinski definition) is 6. The molecule has 0 aromatic carbocycles. The fourth-order valence-electron chi connectivity index (χ4n) is 4.91. The Labute approximate surface area is 226 Å². The first kappa shape index (κ1) is 33.6. The lowest BCUT2D eigenvalue weighted by Crippen LogP contribution is -2.45. The van der Waals surface area contributed by atoms with Gasteiger partial charge in [-0.25, -0.2) is 0 Å². The summed E-state index contributed by atoms with van der Waals surface area (Å²) in [6.45, 7) is 19.5. The number of ether oxygens (including phenoxy) is 2. The molecule has 5 atom stereocenters. The molecule has 0 saturated carbocycles. The van der Waals surface area contributed by atoms with Gasteiger partial charge in [0.2, 0.25) is 5.91 Å². The van der Waals surface area contributed by atoms with E-state index in [9.17, 15) is 14.4 Å². The van der Waals surface area contributed by atoms with Crippen LogP contribution in [0.25, 0.3) is 0 Å². The minimum absolute atomic E-state index is 0.000705. The first-order chi connectivity index (χ1) is 17.1. The van der Waals surface area contributed by atoms with Gasteiger partial charge in [0.25, 0.3) is 0 Å². The number of esters is 1. The minimum Gasteiger partial charge on any atom is -0.460 e. The van der Waals surface area contributed by atoms with Gasteiger partial charge in [-0.05, 0) is 72.1 Å². The van der Waals surface area contributed by atoms with E-state index >= 15 is 0 Å². The lowest BCUT2D eigenvalue weighted by atomic mass is 9.83. The number of ketones is 1. The highest BCUT2D eigenvalue weighted by Gasteiger charge is 2.33. The highest BCUT2D eigenvalue weighted by atomic mass is 16.5. The third-order valence-corrected chi connectivity index (χ3v) is 7.48. The van der Waals surface area contributed by atoms with Gasteiger partial charge < -0.3 is 20.1 Å². The molecule has 1 fully saturated rings. The van der Waals surface area contributed by atoms with Crippen molar-refractivity contribution >= 4 is 17.7 Å². The third-order valence-electron chi connectivity index (χ3n) is 7.48. The molecule has 0 aromatic heterocycles. The Kier molecular flexibility index (Phi) is 14.4. The van der Waals surface area contributed by atoms with Crippen molar-refractivity contribution in [2.24, 2.45) is 23.7 Å². The zero-order valence-electron chi connectivity index (χ0n) is 25.2. The van der Waals surface area contributed by atoms with Crippen molar-refractivity contribution in [2.45, 2.75) is 131 Å². The van der Waals surface area contributed by atoms with E-state index in [2.05, 4.69) is 24.5 Å². The highest BCUT2D eigenvalue weighted by Crippen LogP contribution is 2.25. The van der Waals surface area contributed by atoms with Gasteiger partial charge in [-0.1, -0.05) is 47.0 Å². The maximum atomic E-state index is 13.3. The molecule has 0 aromatic rings. The minimum atomic E-state index is -0.779. The molecule has 0 spiro atoms. The van der Waals surface area contributed by atoms with Gasteiger partial charge in [-0.3, -0.25) is 14.4 Å². The molecule has 1 saturated heterocycles. The molecule has 216 valence electrons. The number of nitrogens with one attached hydrogen (secondary N) is 2. The molecule has 1 rings (SSSR count). The number of hydrogen-bond donors (Lipinski definition) is 2. The normalized spacial score (nSPS) is 28.0. The Morgan fingerprint density at radius 2 is 1.59 bits per heavy atom. The number of amides is 1. The van der Waals surface area contributed by atoms with E-state index in [1.165, 1.54) is 6.42 Å². The van der Waals surface area contributed by atoms with Crippen LogP contribution in [-0.2, 0) is 23.9 Å². The lowest BCUT2D eigenvalue weighted by molar-refractivity contribution is -0.154. The van der Waals surface area contributed by atoms with Crippen molar-refractivity contribution in [1.82, 2.24) is 10.6 Å². The van der Waals surface area contributed by atoms with Gasteiger partial charge in [0.15, 0.2) is 0 Å². The molecule has 1 aliphatic rings. The third kappa shape index (κ3) is 14.9. The maximum absolute atomic E-state index is 13.3. The van der Waals surface area contributed by atoms with E-state index in [0.717, 1.165) is 38.5 Å². The van der Waals surface area contributed by atoms with Gasteiger partial charge in [-0.15, -0.1) is 0 Å². The van der Waals surface area contributed by atoms with Crippen molar-refractivity contribution in [2.75, 3.05) is 19.7 Å². The predicted molar refractivity (Wildman–Crippen MR) is 149 cm³/mol. The molecular weight excluding hydrogens is 468 g/mol. The largest absolute Gasteiger partial charge is 0.460 e. The van der Waals surface area contributed by atoms with E-state index in [4.69, 9.17) is 9.47 Å². The highest BCUT2D eigenvalue weighted by molar-refractivity contribution is 5.85. The second kappa shape index (κ2) is 15.8. The summed E-state index contributed by atoms with van der Waals surface area (Å²) in [6, 6.07) is 0. The molecule has 7 heteroatoms. The average molecular weight is 525 g/mol. The molecule has 0 aliphatic carbocycles. The second-order valence-electron chi connectivity index (χ2n) is 13.1. The smallest absolute Gasteiger partial charge is 0.320 e. The Hall–Kier alpha value is -1.47. The van der Waals surface area contributed by atoms with Gasteiger partial charge in [0.1, 0.15) is 11.9 Å². The van der Waals surface area contributed by atoms with Crippen molar-refractivity contribution in [3.63, 3.8) is 0 Å². The molecule has 0 radical (unpaired) electrons. The van der Waals surface area contributed by atoms with Crippen molar-refractivity contribution in [1.29, 1.82) is 0 Å². The molecule has 0 bridgehead atoms. The van der Waals surface area contributed by atoms with E-state index < -0.39 is 18.0 Å². The van der Waals surface area contributed by atoms with Gasteiger partial charge in [0.05, 0.1) is 24.5 Å². The van der Waals surface area contributed by atoms with Crippen LogP contribution in [0.2, 0.25) is 0 Å². The topological polar surface area (TPSA) is 93.7 Å². The number of rotatable bonds is 7. The Bertz CT molecular complexity index is 715. The van der Waals surface area contributed by atoms with Crippen molar-refractivity contribution in [3.05, 3.63) is 0 Å². The molecule has 1 aliphatic heterocycles. The zero-order valence-corrected chi connectivity index (χ0v) is 25.2. The van der Waals surface area contributed by atoms with Crippen LogP contribution < -0.4 is 10.6 Å². The predicted octanol–water partition coefficient (Wildman–Crippen LogP) is 5.45. The van der Waals surface area contributed by atoms with Crippen LogP contribution in [0.3, 0.4) is 0 Å². The first-order valence-electron chi connectivity index (χ1n) is 14.5. The number of carbonyl (C=O) groups excluding carboxylic acids is 3. The SMILES string of the molecule is CC1CCCNC(=O)CC(OC(=O)CNC(C)(C)CCOC(C)(C)C)[C@@H](C)C(=O)C(C)CC(C)CCC1. The van der Waals surface area contributed by atoms with Gasteiger partial charge in [-0.2, -0.15) is 0 Å². The van der Waals surface area contributed by atoms with Crippen LogP contribution >= 0.6 is 0 Å². The fraction of sp³-hybridized carbons (Fsp3) is 0.900. The van der Waals surface area contributed by atoms with E-state index in [1.807, 2.05) is 41.5 Å². The summed E-state index contributed by atoms with van der Waals surface area (Å²) < 4.78 is 11.6. The zero-order chi connectivity index (χ0) is 28.2. The van der Waals surface area contributed by atoms with Crippen LogP contribution in [0, 0.1) is 23.7 Å². The summed E-state index contributed by atoms with van der Waals surface area (Å²) in [5.74, 6) is -0.161. The first-order valence-corrected chi connectivity index (χ1v) is 14.5. The van der Waals surface area contributed by atoms with E-state index in [1.54, 1.807) is 6.92 Å². The standard InChI is InChI=1S/C30H56N2O5/c1-21-12-10-13-22(2)18-23(3)28(35)24(4)25(19-26(33)31-16-11-14-21)37-27(34)20-32-30(8,9)15-17-36-29(5,6)7/h21-25,32H,10-20H2,1-9H3,(H,31,33)/t21?,22?,23?,24-,25?/m1/s1. The summed E-state index contributed by atoms with van der Waals surface area (Å²) in [7, 11) is 0. The average Bonchev–Trinajstić information content (AvgIpc) is 2.77. The number of carbonyl (C=O) groups is 3. The second-order valence-corrected chi connectivity index (χ2v) is 13.1. The Balaban J connectivity index is 2.82. The van der Waals surface area contributed by atoms with Crippen LogP contribution in [0.1, 0.15) is 114 Å². The lowest BCUT2D eigenvalue weighted by Gasteiger charge is -2.29. The molecule has 37 heavy (non-hydrogen) atoms. The van der Waals surface area contributed by atoms with Crippen LogP contribution in [0.15, 0.2) is 0 Å². The molecular formula is C30H56N2O5. The molecule has 2 N–H and O–H groups in total. The summed E-state index contributed by atoms with van der Waals surface area (Å²) in [5, 5.41) is 6.21. The Morgan fingerprint density at radius 3 is 2.24 bits per heavy atom. The van der Waals surface area contributed by atoms with Gasteiger partial charge in [0, 0.05) is 24.6 Å². The van der Waals surface area contributed by atoms with Crippen molar-refractivity contribution < 1.29 is 23.9 Å². The fourth-order valence-corrected chi connectivity index (χ4v) is 4.91. The van der Waals surface area contributed by atoms with Crippen molar-refractivity contribution in [3.8, 4) is 0 Å². The molecule has 4 unspecified atom stereocenters. The van der Waals surface area contributed by atoms with Gasteiger partial charge >= 0.3 is 5.97 Å². The van der Waals surface area contributed by atoms with E-state index in [0.29, 0.717) is 25.0 Å². The molecule has 7 nitrogen and oxygen atoms in total. The van der Waals surface area contributed by atoms with Crippen LogP contribution in [-0.4, -0.2) is 54.6 Å². The van der Waals surface area contributed by atoms with Crippen LogP contribution in [0.5, 0.6) is 0 Å².